The van der Waals surface area contributed by atoms with Gasteiger partial charge < -0.3 is 4.98 Å². The Kier molecular flexibility index (Phi) is 4.26. The first kappa shape index (κ1) is 18.3. The first-order chi connectivity index (χ1) is 14.5. The first-order valence-electron chi connectivity index (χ1n) is 9.26. The zero-order valence-corrected chi connectivity index (χ0v) is 16.3. The lowest BCUT2D eigenvalue weighted by Gasteiger charge is -2.11. The van der Waals surface area contributed by atoms with Crippen LogP contribution in [0.5, 0.6) is 0 Å². The minimum atomic E-state index is -0.569. The second-order valence-electron chi connectivity index (χ2n) is 6.93. The van der Waals surface area contributed by atoms with E-state index in [9.17, 15) is 14.0 Å². The molecule has 0 aliphatic carbocycles. The summed E-state index contributed by atoms with van der Waals surface area (Å²) < 4.78 is 15.4. The fraction of sp³-hybridized carbons (Fsp3) is 0. The highest BCUT2D eigenvalue weighted by Crippen LogP contribution is 2.31. The van der Waals surface area contributed by atoms with Crippen LogP contribution >= 0.6 is 11.6 Å². The van der Waals surface area contributed by atoms with Crippen LogP contribution in [0.3, 0.4) is 0 Å². The van der Waals surface area contributed by atoms with Crippen molar-refractivity contribution in [1.82, 2.24) is 9.55 Å². The van der Waals surface area contributed by atoms with E-state index in [1.165, 1.54) is 12.1 Å². The summed E-state index contributed by atoms with van der Waals surface area (Å²) in [4.78, 5) is 28.9. The Morgan fingerprint density at radius 3 is 2.43 bits per heavy atom. The Hall–Kier alpha value is -3.70. The minimum Gasteiger partial charge on any atom is -0.306 e. The SMILES string of the molecule is O=c1[nH]c2cc(-c3c(F)cccc3Cl)ccc2c(=O)n1-c1cccc2ccccc12. The Labute approximate surface area is 174 Å². The molecule has 0 amide bonds. The van der Waals surface area contributed by atoms with Crippen LogP contribution in [0.15, 0.2) is 88.5 Å². The van der Waals surface area contributed by atoms with Gasteiger partial charge in [-0.3, -0.25) is 4.79 Å². The van der Waals surface area contributed by atoms with Crippen molar-refractivity contribution in [3.8, 4) is 16.8 Å². The highest BCUT2D eigenvalue weighted by molar-refractivity contribution is 6.33. The number of H-pyrrole nitrogens is 1. The summed E-state index contributed by atoms with van der Waals surface area (Å²) in [6, 6.07) is 22.2. The summed E-state index contributed by atoms with van der Waals surface area (Å²) in [6.07, 6.45) is 0. The van der Waals surface area contributed by atoms with E-state index < -0.39 is 17.1 Å². The average molecular weight is 417 g/mol. The standard InChI is InChI=1S/C24H14ClFN2O2/c25-18-8-4-9-19(26)22(18)15-11-12-17-20(13-15)27-24(30)28(23(17)29)21-10-3-6-14-5-1-2-7-16(14)21/h1-13H,(H,27,30). The van der Waals surface area contributed by atoms with Gasteiger partial charge in [-0.2, -0.15) is 0 Å². The molecule has 0 spiro atoms. The monoisotopic (exact) mass is 416 g/mol. The van der Waals surface area contributed by atoms with Gasteiger partial charge in [-0.05, 0) is 41.3 Å². The van der Waals surface area contributed by atoms with E-state index in [-0.39, 0.29) is 10.6 Å². The molecular weight excluding hydrogens is 403 g/mol. The number of hydrogen-bond acceptors (Lipinski definition) is 2. The molecule has 0 saturated carbocycles. The molecule has 0 radical (unpaired) electrons. The number of halogens is 2. The van der Waals surface area contributed by atoms with E-state index in [1.807, 2.05) is 30.3 Å². The van der Waals surface area contributed by atoms with Gasteiger partial charge in [-0.15, -0.1) is 0 Å². The number of nitrogens with zero attached hydrogens (tertiary/aromatic N) is 1. The van der Waals surface area contributed by atoms with Gasteiger partial charge in [0, 0.05) is 10.9 Å². The van der Waals surface area contributed by atoms with Crippen LogP contribution in [0.2, 0.25) is 5.02 Å². The molecule has 6 heteroatoms. The molecule has 0 atom stereocenters. The lowest BCUT2D eigenvalue weighted by molar-refractivity contribution is 0.631. The largest absolute Gasteiger partial charge is 0.333 e. The van der Waals surface area contributed by atoms with Crippen LogP contribution in [0.25, 0.3) is 38.5 Å². The number of nitrogens with one attached hydrogen (secondary N) is 1. The average Bonchev–Trinajstić information content (AvgIpc) is 2.73. The highest BCUT2D eigenvalue weighted by Gasteiger charge is 2.15. The number of fused-ring (bicyclic) bond motifs is 2. The Morgan fingerprint density at radius 1 is 0.833 bits per heavy atom. The van der Waals surface area contributed by atoms with Crippen molar-refractivity contribution in [2.75, 3.05) is 0 Å². The summed E-state index contributed by atoms with van der Waals surface area (Å²) in [5, 5.41) is 2.28. The smallest absolute Gasteiger partial charge is 0.306 e. The second-order valence-corrected chi connectivity index (χ2v) is 7.33. The molecule has 146 valence electrons. The molecule has 0 aliphatic rings. The lowest BCUT2D eigenvalue weighted by Crippen LogP contribution is -2.33. The molecular formula is C24H14ClFN2O2. The summed E-state index contributed by atoms with van der Waals surface area (Å²) >= 11 is 6.16. The van der Waals surface area contributed by atoms with Gasteiger partial charge in [-0.1, -0.05) is 60.1 Å². The van der Waals surface area contributed by atoms with Gasteiger partial charge >= 0.3 is 5.69 Å². The molecule has 0 saturated heterocycles. The zero-order chi connectivity index (χ0) is 20.8. The van der Waals surface area contributed by atoms with E-state index in [0.717, 1.165) is 15.3 Å². The first-order valence-corrected chi connectivity index (χ1v) is 9.64. The van der Waals surface area contributed by atoms with Crippen LogP contribution in [0.4, 0.5) is 4.39 Å². The number of aromatic amines is 1. The van der Waals surface area contributed by atoms with Crippen molar-refractivity contribution in [2.45, 2.75) is 0 Å². The fourth-order valence-corrected chi connectivity index (χ4v) is 4.04. The van der Waals surface area contributed by atoms with Crippen molar-refractivity contribution >= 4 is 33.3 Å². The predicted molar refractivity (Wildman–Crippen MR) is 118 cm³/mol. The number of rotatable bonds is 2. The van der Waals surface area contributed by atoms with Crippen molar-refractivity contribution in [2.24, 2.45) is 0 Å². The fourth-order valence-electron chi connectivity index (χ4n) is 3.77. The maximum absolute atomic E-state index is 14.3. The normalized spacial score (nSPS) is 11.3. The molecule has 30 heavy (non-hydrogen) atoms. The quantitative estimate of drug-likeness (QED) is 0.425. The van der Waals surface area contributed by atoms with E-state index in [1.54, 1.807) is 36.4 Å². The van der Waals surface area contributed by atoms with Gasteiger partial charge in [0.15, 0.2) is 0 Å². The molecule has 1 N–H and O–H groups in total. The predicted octanol–water partition coefficient (Wildman–Crippen LogP) is 5.29. The third-order valence-corrected chi connectivity index (χ3v) is 5.47. The molecule has 1 aromatic heterocycles. The minimum absolute atomic E-state index is 0.222. The maximum Gasteiger partial charge on any atom is 0.333 e. The number of aromatic nitrogens is 2. The van der Waals surface area contributed by atoms with Crippen molar-refractivity contribution in [3.63, 3.8) is 0 Å². The molecule has 5 rings (SSSR count). The highest BCUT2D eigenvalue weighted by atomic mass is 35.5. The third kappa shape index (κ3) is 2.83. The zero-order valence-electron chi connectivity index (χ0n) is 15.5. The molecule has 0 bridgehead atoms. The number of hydrogen-bond donors (Lipinski definition) is 1. The lowest BCUT2D eigenvalue weighted by atomic mass is 10.0. The Morgan fingerprint density at radius 2 is 1.60 bits per heavy atom. The van der Waals surface area contributed by atoms with Crippen molar-refractivity contribution in [1.29, 1.82) is 0 Å². The van der Waals surface area contributed by atoms with Crippen LogP contribution < -0.4 is 11.2 Å². The summed E-state index contributed by atoms with van der Waals surface area (Å²) in [5.41, 5.74) is 0.501. The molecule has 0 fully saturated rings. The summed E-state index contributed by atoms with van der Waals surface area (Å²) in [6.45, 7) is 0. The Bertz CT molecular complexity index is 1540. The van der Waals surface area contributed by atoms with Crippen molar-refractivity contribution < 1.29 is 4.39 Å². The van der Waals surface area contributed by atoms with Gasteiger partial charge in [-0.25, -0.2) is 13.8 Å². The summed E-state index contributed by atoms with van der Waals surface area (Å²) in [5.74, 6) is -0.478. The molecule has 4 nitrogen and oxygen atoms in total. The van der Waals surface area contributed by atoms with Crippen molar-refractivity contribution in [3.05, 3.63) is 111 Å². The van der Waals surface area contributed by atoms with E-state index in [4.69, 9.17) is 11.6 Å². The third-order valence-electron chi connectivity index (χ3n) is 5.16. The molecule has 0 unspecified atom stereocenters. The van der Waals surface area contributed by atoms with Gasteiger partial charge in [0.2, 0.25) is 0 Å². The van der Waals surface area contributed by atoms with E-state index in [0.29, 0.717) is 22.2 Å². The van der Waals surface area contributed by atoms with E-state index in [2.05, 4.69) is 4.98 Å². The molecule has 4 aromatic carbocycles. The summed E-state index contributed by atoms with van der Waals surface area (Å²) in [7, 11) is 0. The molecule has 0 aliphatic heterocycles. The van der Waals surface area contributed by atoms with Crippen LogP contribution in [0.1, 0.15) is 0 Å². The van der Waals surface area contributed by atoms with Crippen LogP contribution in [-0.4, -0.2) is 9.55 Å². The molecule has 1 heterocycles. The van der Waals surface area contributed by atoms with Gasteiger partial charge in [0.05, 0.1) is 21.6 Å². The maximum atomic E-state index is 14.3. The van der Waals surface area contributed by atoms with Gasteiger partial charge in [0.1, 0.15) is 5.82 Å². The molecule has 5 aromatic rings. The second kappa shape index (κ2) is 6.97. The topological polar surface area (TPSA) is 54.9 Å². The number of benzene rings is 4. The van der Waals surface area contributed by atoms with Gasteiger partial charge in [0.25, 0.3) is 5.56 Å². The van der Waals surface area contributed by atoms with Crippen LogP contribution in [-0.2, 0) is 0 Å². The van der Waals surface area contributed by atoms with E-state index >= 15 is 0 Å². The Balaban J connectivity index is 1.78. The van der Waals surface area contributed by atoms with Crippen LogP contribution in [0, 0.1) is 5.82 Å².